The van der Waals surface area contributed by atoms with Gasteiger partial charge in [0.05, 0.1) is 5.69 Å². The molecule has 0 spiro atoms. The van der Waals surface area contributed by atoms with Crippen LogP contribution in [0, 0.1) is 11.3 Å². The molecule has 3 nitrogen and oxygen atoms in total. The molecule has 0 bridgehead atoms. The lowest BCUT2D eigenvalue weighted by Crippen LogP contribution is -2.25. The summed E-state index contributed by atoms with van der Waals surface area (Å²) in [6, 6.07) is 0. The second kappa shape index (κ2) is 6.44. The van der Waals surface area contributed by atoms with Gasteiger partial charge in [-0.2, -0.15) is 0 Å². The molecule has 1 aliphatic heterocycles. The van der Waals surface area contributed by atoms with Crippen LogP contribution in [0.1, 0.15) is 51.1 Å². The molecule has 0 amide bonds. The highest BCUT2D eigenvalue weighted by Gasteiger charge is 2.33. The second-order valence-electron chi connectivity index (χ2n) is 6.94. The van der Waals surface area contributed by atoms with Gasteiger partial charge in [-0.1, -0.05) is 34.1 Å². The maximum Gasteiger partial charge on any atom is 0.185 e. The lowest BCUT2D eigenvalue weighted by molar-refractivity contribution is 0.263. The van der Waals surface area contributed by atoms with Crippen LogP contribution in [-0.4, -0.2) is 25.1 Å². The van der Waals surface area contributed by atoms with Gasteiger partial charge >= 0.3 is 0 Å². The molecule has 0 radical (unpaired) electrons. The molecule has 1 aromatic rings. The number of nitrogens with zero attached hydrogens (tertiary/aromatic N) is 2. The fourth-order valence-electron chi connectivity index (χ4n) is 2.88. The number of anilines is 1. The molecule has 0 aliphatic carbocycles. The van der Waals surface area contributed by atoms with Crippen molar-refractivity contribution in [2.75, 3.05) is 25.0 Å². The van der Waals surface area contributed by atoms with Gasteiger partial charge in [0.1, 0.15) is 0 Å². The Morgan fingerprint density at radius 3 is 2.70 bits per heavy atom. The van der Waals surface area contributed by atoms with Crippen molar-refractivity contribution in [2.45, 2.75) is 53.5 Å². The Labute approximate surface area is 127 Å². The summed E-state index contributed by atoms with van der Waals surface area (Å²) in [5.74, 6) is 0.786. The molecule has 0 aromatic carbocycles. The molecule has 1 N–H and O–H groups in total. The quantitative estimate of drug-likeness (QED) is 0.898. The van der Waals surface area contributed by atoms with Crippen LogP contribution in [0.3, 0.4) is 0 Å². The van der Waals surface area contributed by atoms with Crippen molar-refractivity contribution in [1.29, 1.82) is 0 Å². The molecule has 1 fully saturated rings. The van der Waals surface area contributed by atoms with E-state index in [2.05, 4.69) is 37.9 Å². The standard InChI is InChI=1S/C16H29N3S/c1-6-7-13-14(10-17-5)20-15(18-13)19-9-8-12(11-19)16(2,3)4/h12,17H,6-11H2,1-5H3. The highest BCUT2D eigenvalue weighted by Crippen LogP contribution is 2.37. The number of thiazole rings is 1. The van der Waals surface area contributed by atoms with Crippen LogP contribution in [-0.2, 0) is 13.0 Å². The van der Waals surface area contributed by atoms with Crippen molar-refractivity contribution in [3.05, 3.63) is 10.6 Å². The summed E-state index contributed by atoms with van der Waals surface area (Å²) in [6.07, 6.45) is 3.57. The Morgan fingerprint density at radius 2 is 2.15 bits per heavy atom. The second-order valence-corrected chi connectivity index (χ2v) is 8.01. The average Bonchev–Trinajstić information content (AvgIpc) is 2.96. The number of hydrogen-bond donors (Lipinski definition) is 1. The summed E-state index contributed by atoms with van der Waals surface area (Å²) in [4.78, 5) is 8.84. The minimum atomic E-state index is 0.409. The van der Waals surface area contributed by atoms with Gasteiger partial charge in [-0.05, 0) is 31.2 Å². The molecule has 1 aliphatic rings. The molecule has 114 valence electrons. The van der Waals surface area contributed by atoms with Crippen LogP contribution in [0.15, 0.2) is 0 Å². The highest BCUT2D eigenvalue weighted by atomic mass is 32.1. The smallest absolute Gasteiger partial charge is 0.185 e. The number of nitrogens with one attached hydrogen (secondary N) is 1. The first-order valence-corrected chi connectivity index (χ1v) is 8.65. The molecule has 1 aromatic heterocycles. The third-order valence-corrected chi connectivity index (χ3v) is 5.43. The van der Waals surface area contributed by atoms with Crippen molar-refractivity contribution >= 4 is 16.5 Å². The molecule has 4 heteroatoms. The molecule has 1 saturated heterocycles. The Hall–Kier alpha value is -0.610. The third kappa shape index (κ3) is 3.53. The largest absolute Gasteiger partial charge is 0.348 e. The van der Waals surface area contributed by atoms with Crippen molar-refractivity contribution in [1.82, 2.24) is 10.3 Å². The van der Waals surface area contributed by atoms with E-state index in [1.165, 1.54) is 41.6 Å². The monoisotopic (exact) mass is 295 g/mol. The summed E-state index contributed by atoms with van der Waals surface area (Å²) >= 11 is 1.89. The SMILES string of the molecule is CCCc1nc(N2CCC(C(C)(C)C)C2)sc1CNC. The lowest BCUT2D eigenvalue weighted by atomic mass is 9.80. The van der Waals surface area contributed by atoms with E-state index in [0.29, 0.717) is 5.41 Å². The zero-order valence-electron chi connectivity index (χ0n) is 13.6. The molecule has 2 rings (SSSR count). The third-order valence-electron chi connectivity index (χ3n) is 4.27. The zero-order valence-corrected chi connectivity index (χ0v) is 14.4. The van der Waals surface area contributed by atoms with Crippen LogP contribution in [0.2, 0.25) is 0 Å². The van der Waals surface area contributed by atoms with Gasteiger partial charge < -0.3 is 10.2 Å². The molecular formula is C16H29N3S. The maximum absolute atomic E-state index is 4.92. The minimum absolute atomic E-state index is 0.409. The molecule has 1 atom stereocenters. The van der Waals surface area contributed by atoms with Gasteiger partial charge in [0.25, 0.3) is 0 Å². The maximum atomic E-state index is 4.92. The van der Waals surface area contributed by atoms with E-state index < -0.39 is 0 Å². The van der Waals surface area contributed by atoms with Gasteiger partial charge in [-0.15, -0.1) is 11.3 Å². The predicted octanol–water partition coefficient (Wildman–Crippen LogP) is 3.69. The van der Waals surface area contributed by atoms with Gasteiger partial charge in [-0.25, -0.2) is 4.98 Å². The summed E-state index contributed by atoms with van der Waals surface area (Å²) in [5.41, 5.74) is 1.72. The van der Waals surface area contributed by atoms with Crippen LogP contribution in [0.25, 0.3) is 0 Å². The fraction of sp³-hybridized carbons (Fsp3) is 0.812. The summed E-state index contributed by atoms with van der Waals surface area (Å²) < 4.78 is 0. The van der Waals surface area contributed by atoms with Crippen molar-refractivity contribution < 1.29 is 0 Å². The van der Waals surface area contributed by atoms with Crippen LogP contribution in [0.5, 0.6) is 0 Å². The molecular weight excluding hydrogens is 266 g/mol. The Morgan fingerprint density at radius 1 is 1.40 bits per heavy atom. The fourth-order valence-corrected chi connectivity index (χ4v) is 4.03. The van der Waals surface area contributed by atoms with Crippen molar-refractivity contribution in [2.24, 2.45) is 11.3 Å². The number of aryl methyl sites for hydroxylation is 1. The summed E-state index contributed by atoms with van der Waals surface area (Å²) in [5, 5.41) is 4.51. The number of hydrogen-bond acceptors (Lipinski definition) is 4. The van der Waals surface area contributed by atoms with E-state index in [1.807, 2.05) is 18.4 Å². The molecule has 0 saturated carbocycles. The van der Waals surface area contributed by atoms with Gasteiger partial charge in [-0.3, -0.25) is 0 Å². The molecule has 1 unspecified atom stereocenters. The van der Waals surface area contributed by atoms with Gasteiger partial charge in [0.2, 0.25) is 0 Å². The van der Waals surface area contributed by atoms with E-state index in [4.69, 9.17) is 4.98 Å². The highest BCUT2D eigenvalue weighted by molar-refractivity contribution is 7.15. The normalized spacial score (nSPS) is 19.9. The first kappa shape index (κ1) is 15.8. The first-order chi connectivity index (χ1) is 9.45. The zero-order chi connectivity index (χ0) is 14.8. The Kier molecular flexibility index (Phi) is 5.08. The van der Waals surface area contributed by atoms with Crippen LogP contribution < -0.4 is 10.2 Å². The first-order valence-electron chi connectivity index (χ1n) is 7.83. The van der Waals surface area contributed by atoms with E-state index in [1.54, 1.807) is 0 Å². The van der Waals surface area contributed by atoms with Crippen molar-refractivity contribution in [3.8, 4) is 0 Å². The van der Waals surface area contributed by atoms with Crippen LogP contribution >= 0.6 is 11.3 Å². The van der Waals surface area contributed by atoms with Crippen molar-refractivity contribution in [3.63, 3.8) is 0 Å². The Bertz CT molecular complexity index is 410. The Balaban J connectivity index is 2.11. The number of aromatic nitrogens is 1. The number of rotatable bonds is 5. The van der Waals surface area contributed by atoms with Crippen LogP contribution in [0.4, 0.5) is 5.13 Å². The molecule has 2 heterocycles. The van der Waals surface area contributed by atoms with E-state index >= 15 is 0 Å². The topological polar surface area (TPSA) is 28.2 Å². The van der Waals surface area contributed by atoms with E-state index in [0.717, 1.165) is 18.9 Å². The average molecular weight is 295 g/mol. The summed E-state index contributed by atoms with van der Waals surface area (Å²) in [7, 11) is 2.01. The van der Waals surface area contributed by atoms with E-state index in [9.17, 15) is 0 Å². The van der Waals surface area contributed by atoms with Gasteiger partial charge in [0.15, 0.2) is 5.13 Å². The summed E-state index contributed by atoms with van der Waals surface area (Å²) in [6.45, 7) is 12.6. The minimum Gasteiger partial charge on any atom is -0.348 e. The van der Waals surface area contributed by atoms with Gasteiger partial charge in [0, 0.05) is 24.5 Å². The predicted molar refractivity (Wildman–Crippen MR) is 88.6 cm³/mol. The molecule has 20 heavy (non-hydrogen) atoms. The lowest BCUT2D eigenvalue weighted by Gasteiger charge is -2.26. The van der Waals surface area contributed by atoms with E-state index in [-0.39, 0.29) is 0 Å².